The molecule has 4 rings (SSSR count). The number of thioether (sulfide) groups is 1. The zero-order valence-corrected chi connectivity index (χ0v) is 19.2. The monoisotopic (exact) mass is 448 g/mol. The number of hydrogen-bond acceptors (Lipinski definition) is 6. The van der Waals surface area contributed by atoms with E-state index >= 15 is 0 Å². The van der Waals surface area contributed by atoms with Gasteiger partial charge in [-0.15, -0.1) is 0 Å². The Morgan fingerprint density at radius 1 is 1.03 bits per heavy atom. The molecule has 0 bridgehead atoms. The maximum atomic E-state index is 13.1. The summed E-state index contributed by atoms with van der Waals surface area (Å²) in [4.78, 5) is 32.1. The molecule has 8 nitrogen and oxygen atoms in total. The van der Waals surface area contributed by atoms with Crippen LogP contribution in [0.3, 0.4) is 0 Å². The van der Waals surface area contributed by atoms with Gasteiger partial charge < -0.3 is 4.90 Å². The first-order chi connectivity index (χ1) is 15.4. The van der Waals surface area contributed by atoms with Gasteiger partial charge in [0.2, 0.25) is 0 Å². The molecule has 0 saturated carbocycles. The molecule has 3 aromatic rings. The van der Waals surface area contributed by atoms with Crippen LogP contribution in [0.2, 0.25) is 0 Å². The van der Waals surface area contributed by atoms with E-state index in [0.29, 0.717) is 16.5 Å². The van der Waals surface area contributed by atoms with Gasteiger partial charge >= 0.3 is 0 Å². The fourth-order valence-electron chi connectivity index (χ4n) is 3.31. The molecule has 0 spiro atoms. The van der Waals surface area contributed by atoms with Crippen LogP contribution in [0.5, 0.6) is 0 Å². The second-order valence-corrected chi connectivity index (χ2v) is 8.47. The first kappa shape index (κ1) is 21.6. The third-order valence-corrected chi connectivity index (χ3v) is 6.12. The normalized spacial score (nSPS) is 15.3. The number of carbonyl (C=O) groups excluding carboxylic acids is 1. The van der Waals surface area contributed by atoms with Gasteiger partial charge in [0.1, 0.15) is 0 Å². The molecule has 9 heteroatoms. The molecule has 0 radical (unpaired) electrons. The molecule has 2 aromatic carbocycles. The van der Waals surface area contributed by atoms with Crippen LogP contribution in [-0.4, -0.2) is 51.5 Å². The maximum Gasteiger partial charge on any atom is 0.297 e. The van der Waals surface area contributed by atoms with Crippen LogP contribution < -0.4 is 10.5 Å². The van der Waals surface area contributed by atoms with E-state index in [9.17, 15) is 9.59 Å². The van der Waals surface area contributed by atoms with Crippen molar-refractivity contribution in [3.63, 3.8) is 0 Å². The highest BCUT2D eigenvalue weighted by Gasteiger charge is 2.29. The predicted molar refractivity (Wildman–Crippen MR) is 131 cm³/mol. The molecule has 32 heavy (non-hydrogen) atoms. The van der Waals surface area contributed by atoms with Gasteiger partial charge in [0, 0.05) is 26.8 Å². The second-order valence-electron chi connectivity index (χ2n) is 7.53. The molecule has 1 aliphatic rings. The third-order valence-electron chi connectivity index (χ3n) is 5.21. The van der Waals surface area contributed by atoms with Crippen LogP contribution in [-0.2, 0) is 11.8 Å². The molecular formula is C23H24N6O2S. The van der Waals surface area contributed by atoms with Gasteiger partial charge in [-0.05, 0) is 36.8 Å². The Morgan fingerprint density at radius 2 is 1.72 bits per heavy atom. The van der Waals surface area contributed by atoms with Crippen molar-refractivity contribution in [2.45, 2.75) is 6.92 Å². The van der Waals surface area contributed by atoms with Crippen LogP contribution in [0.4, 0.5) is 11.4 Å². The molecule has 0 unspecified atom stereocenters. The molecule has 1 aliphatic heterocycles. The molecule has 0 N–H and O–H groups in total. The highest BCUT2D eigenvalue weighted by atomic mass is 32.2. The van der Waals surface area contributed by atoms with Crippen LogP contribution in [0.1, 0.15) is 11.3 Å². The van der Waals surface area contributed by atoms with Gasteiger partial charge in [-0.25, -0.2) is 9.67 Å². The van der Waals surface area contributed by atoms with Gasteiger partial charge in [-0.1, -0.05) is 42.1 Å². The van der Waals surface area contributed by atoms with Gasteiger partial charge in [-0.3, -0.25) is 14.3 Å². The van der Waals surface area contributed by atoms with Crippen molar-refractivity contribution < 1.29 is 4.79 Å². The zero-order valence-electron chi connectivity index (χ0n) is 18.4. The minimum Gasteiger partial charge on any atom is -0.378 e. The Morgan fingerprint density at radius 3 is 2.38 bits per heavy atom. The minimum absolute atomic E-state index is 0.174. The van der Waals surface area contributed by atoms with Crippen molar-refractivity contribution in [1.82, 2.24) is 14.4 Å². The van der Waals surface area contributed by atoms with E-state index in [2.05, 4.69) is 10.1 Å². The fourth-order valence-corrected chi connectivity index (χ4v) is 4.11. The zero-order chi connectivity index (χ0) is 22.8. The van der Waals surface area contributed by atoms with E-state index in [0.717, 1.165) is 16.9 Å². The summed E-state index contributed by atoms with van der Waals surface area (Å²) in [6.45, 7) is 1.83. The van der Waals surface area contributed by atoms with Gasteiger partial charge in [0.25, 0.3) is 11.5 Å². The highest BCUT2D eigenvalue weighted by molar-refractivity contribution is 8.15. The number of amidine groups is 1. The quantitative estimate of drug-likeness (QED) is 0.562. The number of aromatic nitrogens is 2. The number of amides is 1. The van der Waals surface area contributed by atoms with Gasteiger partial charge in [-0.2, -0.15) is 10.1 Å². The lowest BCUT2D eigenvalue weighted by Gasteiger charge is -2.12. The number of aliphatic imine (C=N–C) groups is 1. The summed E-state index contributed by atoms with van der Waals surface area (Å²) in [5, 5.41) is 6.01. The van der Waals surface area contributed by atoms with E-state index in [-0.39, 0.29) is 17.2 Å². The second kappa shape index (κ2) is 8.88. The number of rotatable bonds is 5. The average molecular weight is 449 g/mol. The largest absolute Gasteiger partial charge is 0.378 e. The van der Waals surface area contributed by atoms with Gasteiger partial charge in [0.05, 0.1) is 23.3 Å². The highest BCUT2D eigenvalue weighted by Crippen LogP contribution is 2.25. The Hall–Kier alpha value is -3.59. The topological polar surface area (TPSA) is 75.2 Å². The molecule has 164 valence electrons. The Balaban J connectivity index is 1.66. The van der Waals surface area contributed by atoms with Crippen LogP contribution in [0.25, 0.3) is 5.69 Å². The predicted octanol–water partition coefficient (Wildman–Crippen LogP) is 3.15. The first-order valence-electron chi connectivity index (χ1n) is 10.1. The lowest BCUT2D eigenvalue weighted by atomic mass is 10.2. The Bertz CT molecular complexity index is 1260. The van der Waals surface area contributed by atoms with Crippen molar-refractivity contribution in [2.24, 2.45) is 17.1 Å². The number of carbonyl (C=O) groups is 1. The molecule has 1 aromatic heterocycles. The average Bonchev–Trinajstić information content (AvgIpc) is 3.24. The summed E-state index contributed by atoms with van der Waals surface area (Å²) in [7, 11) is 5.76. The lowest BCUT2D eigenvalue weighted by Crippen LogP contribution is -2.24. The van der Waals surface area contributed by atoms with Crippen molar-refractivity contribution in [3.05, 3.63) is 76.2 Å². The molecule has 1 amide bonds. The summed E-state index contributed by atoms with van der Waals surface area (Å²) in [5.41, 5.74) is 3.44. The lowest BCUT2D eigenvalue weighted by molar-refractivity contribution is -0.124. The molecule has 1 saturated heterocycles. The molecule has 0 atom stereocenters. The summed E-state index contributed by atoms with van der Waals surface area (Å²) in [5.74, 6) is 0.0565. The number of hydrogen-bond donors (Lipinski definition) is 0. The van der Waals surface area contributed by atoms with E-state index < -0.39 is 0 Å². The fraction of sp³-hybridized carbons (Fsp3) is 0.217. The minimum atomic E-state index is -0.244. The first-order valence-corrected chi connectivity index (χ1v) is 11.0. The van der Waals surface area contributed by atoms with Crippen molar-refractivity contribution in [1.29, 1.82) is 0 Å². The SMILES string of the molecule is Cc1c(N=C2SCC(=O)N2/N=C\c2ccc(N(C)C)cc2)c(=O)n(-c2ccccc2)n1C. The van der Waals surface area contributed by atoms with Crippen molar-refractivity contribution in [2.75, 3.05) is 24.7 Å². The number of benzene rings is 2. The number of nitrogens with zero attached hydrogens (tertiary/aromatic N) is 6. The van der Waals surface area contributed by atoms with E-state index in [4.69, 9.17) is 0 Å². The number of hydrazone groups is 1. The van der Waals surface area contributed by atoms with E-state index in [1.807, 2.05) is 87.6 Å². The van der Waals surface area contributed by atoms with Crippen molar-refractivity contribution >= 4 is 40.4 Å². The van der Waals surface area contributed by atoms with Crippen molar-refractivity contribution in [3.8, 4) is 5.69 Å². The van der Waals surface area contributed by atoms with Crippen LogP contribution in [0.15, 0.2) is 69.5 Å². The summed E-state index contributed by atoms with van der Waals surface area (Å²) in [6, 6.07) is 17.2. The summed E-state index contributed by atoms with van der Waals surface area (Å²) >= 11 is 1.27. The Labute approximate surface area is 190 Å². The maximum absolute atomic E-state index is 13.1. The number of anilines is 1. The van der Waals surface area contributed by atoms with Crippen LogP contribution >= 0.6 is 11.8 Å². The molecule has 0 aliphatic carbocycles. The molecule has 2 heterocycles. The van der Waals surface area contributed by atoms with E-state index in [1.54, 1.807) is 15.6 Å². The Kier molecular flexibility index (Phi) is 6.00. The number of para-hydroxylation sites is 1. The molecular weight excluding hydrogens is 424 g/mol. The third kappa shape index (κ3) is 4.11. The van der Waals surface area contributed by atoms with Gasteiger partial charge in [0.15, 0.2) is 10.9 Å². The standard InChI is InChI=1S/C23H24N6O2S/c1-16-21(22(31)29(27(16)4)19-8-6-5-7-9-19)25-23-28(20(30)15-32-23)24-14-17-10-12-18(13-11-17)26(2)3/h5-14H,15H2,1-4H3/b24-14-,25-23?. The smallest absolute Gasteiger partial charge is 0.297 e. The summed E-state index contributed by atoms with van der Waals surface area (Å²) < 4.78 is 3.33. The van der Waals surface area contributed by atoms with Crippen LogP contribution in [0, 0.1) is 6.92 Å². The van der Waals surface area contributed by atoms with E-state index in [1.165, 1.54) is 16.8 Å². The summed E-state index contributed by atoms with van der Waals surface area (Å²) in [6.07, 6.45) is 1.62. The molecule has 1 fully saturated rings.